The molecule has 4 aliphatic rings. The molecule has 0 saturated heterocycles. The summed E-state index contributed by atoms with van der Waals surface area (Å²) in [6, 6.07) is 50.8. The maximum absolute atomic E-state index is 13.8. The summed E-state index contributed by atoms with van der Waals surface area (Å²) in [5.41, 5.74) is 24.4. The zero-order chi connectivity index (χ0) is 52.1. The summed E-state index contributed by atoms with van der Waals surface area (Å²) in [5.74, 6) is 1.33. The predicted molar refractivity (Wildman–Crippen MR) is 321 cm³/mol. The van der Waals surface area contributed by atoms with Gasteiger partial charge in [-0.05, 0) is 174 Å². The van der Waals surface area contributed by atoms with Crippen molar-refractivity contribution >= 4 is 67.9 Å². The lowest BCUT2D eigenvalue weighted by atomic mass is 9.87. The van der Waals surface area contributed by atoms with E-state index in [1.165, 1.54) is 77.3 Å². The second-order valence-corrected chi connectivity index (χ2v) is 22.6. The van der Waals surface area contributed by atoms with Gasteiger partial charge in [-0.25, -0.2) is 0 Å². The van der Waals surface area contributed by atoms with E-state index in [1.807, 2.05) is 24.3 Å². The number of carbonyl (C=O) groups is 2. The van der Waals surface area contributed by atoms with Gasteiger partial charge in [0, 0.05) is 68.1 Å². The highest BCUT2D eigenvalue weighted by Gasteiger charge is 2.26. The topological polar surface area (TPSA) is 68.1 Å². The number of anilines is 2. The molecule has 6 nitrogen and oxygen atoms in total. The van der Waals surface area contributed by atoms with E-state index in [4.69, 9.17) is 0 Å². The smallest absolute Gasteiger partial charge is 0.227 e. The second-order valence-electron chi connectivity index (χ2n) is 22.6. The summed E-state index contributed by atoms with van der Waals surface area (Å²) in [7, 11) is 0. The molecule has 2 aromatic heterocycles. The molecule has 4 aliphatic carbocycles. The Balaban J connectivity index is 0.882. The molecule has 77 heavy (non-hydrogen) atoms. The molecular formula is C71H66N4O2. The van der Waals surface area contributed by atoms with Gasteiger partial charge in [-0.15, -0.1) is 5.73 Å². The molecule has 2 heterocycles. The van der Waals surface area contributed by atoms with Gasteiger partial charge in [0.2, 0.25) is 5.91 Å². The average Bonchev–Trinajstić information content (AvgIpc) is 4.14. The number of rotatable bonds is 13. The molecule has 0 unspecified atom stereocenters. The van der Waals surface area contributed by atoms with Crippen molar-refractivity contribution in [2.24, 2.45) is 17.8 Å². The number of ketones is 1. The van der Waals surface area contributed by atoms with Crippen molar-refractivity contribution in [3.63, 3.8) is 0 Å². The molecule has 0 radical (unpaired) electrons. The second kappa shape index (κ2) is 20.4. The Kier molecular flexibility index (Phi) is 12.8. The van der Waals surface area contributed by atoms with Crippen LogP contribution in [0, 0.1) is 17.8 Å². The summed E-state index contributed by atoms with van der Waals surface area (Å²) in [4.78, 5) is 27.2. The minimum atomic E-state index is 0.0767. The van der Waals surface area contributed by atoms with Crippen LogP contribution in [0.3, 0.4) is 0 Å². The summed E-state index contributed by atoms with van der Waals surface area (Å²) in [5, 5.41) is 10.4. The molecule has 1 amide bonds. The lowest BCUT2D eigenvalue weighted by molar-refractivity contribution is -0.120. The molecule has 2 N–H and O–H groups in total. The lowest BCUT2D eigenvalue weighted by Gasteiger charge is -2.24. The quantitative estimate of drug-likeness (QED) is 0.0893. The Hall–Kier alpha value is -8.18. The van der Waals surface area contributed by atoms with Crippen molar-refractivity contribution in [1.29, 1.82) is 0 Å². The Morgan fingerprint density at radius 3 is 2.13 bits per heavy atom. The number of allylic oxidation sites excluding steroid dienone is 3. The van der Waals surface area contributed by atoms with Crippen molar-refractivity contribution < 1.29 is 9.59 Å². The van der Waals surface area contributed by atoms with Crippen molar-refractivity contribution in [2.75, 3.05) is 10.6 Å². The predicted octanol–water partition coefficient (Wildman–Crippen LogP) is 18.5. The number of benzene rings is 7. The summed E-state index contributed by atoms with van der Waals surface area (Å²) >= 11 is 0. The van der Waals surface area contributed by atoms with Crippen LogP contribution in [0.2, 0.25) is 0 Å². The van der Waals surface area contributed by atoms with E-state index < -0.39 is 0 Å². The van der Waals surface area contributed by atoms with E-state index in [9.17, 15) is 9.59 Å². The zero-order valence-corrected chi connectivity index (χ0v) is 44.4. The number of amides is 1. The number of Topliss-reactive ketones (excluding diaryl/α,β-unsaturated/α-hetero) is 1. The normalized spacial score (nSPS) is 15.3. The third-order valence-electron chi connectivity index (χ3n) is 17.2. The van der Waals surface area contributed by atoms with Gasteiger partial charge in [-0.2, -0.15) is 0 Å². The number of hydrogen-bond acceptors (Lipinski definition) is 3. The highest BCUT2D eigenvalue weighted by atomic mass is 16.2. The van der Waals surface area contributed by atoms with E-state index in [0.29, 0.717) is 18.3 Å². The number of hydrogen-bond donors (Lipinski definition) is 2. The van der Waals surface area contributed by atoms with Crippen molar-refractivity contribution in [3.8, 4) is 44.8 Å². The molecule has 0 atom stereocenters. The Morgan fingerprint density at radius 2 is 1.30 bits per heavy atom. The van der Waals surface area contributed by atoms with Gasteiger partial charge >= 0.3 is 0 Å². The number of nitrogens with zero attached hydrogens (tertiary/aromatic N) is 2. The Bertz CT molecular complexity index is 3950. The summed E-state index contributed by atoms with van der Waals surface area (Å²) < 4.78 is 4.78. The van der Waals surface area contributed by atoms with E-state index in [0.717, 1.165) is 122 Å². The van der Waals surface area contributed by atoms with Gasteiger partial charge in [-0.1, -0.05) is 144 Å². The number of fused-ring (bicyclic) bond motifs is 9. The molecule has 2 saturated carbocycles. The van der Waals surface area contributed by atoms with Crippen molar-refractivity contribution in [1.82, 2.24) is 9.13 Å². The first kappa shape index (κ1) is 48.5. The third-order valence-corrected chi connectivity index (χ3v) is 17.2. The van der Waals surface area contributed by atoms with Crippen LogP contribution in [0.1, 0.15) is 124 Å². The largest absolute Gasteiger partial charge is 0.359 e. The van der Waals surface area contributed by atoms with Crippen LogP contribution in [0.4, 0.5) is 11.4 Å². The van der Waals surface area contributed by atoms with E-state index in [-0.39, 0.29) is 17.6 Å². The molecule has 0 aliphatic heterocycles. The van der Waals surface area contributed by atoms with Gasteiger partial charge in [-0.3, -0.25) is 9.59 Å². The van der Waals surface area contributed by atoms with Crippen molar-refractivity contribution in [2.45, 2.75) is 97.3 Å². The van der Waals surface area contributed by atoms with Gasteiger partial charge < -0.3 is 19.8 Å². The Labute approximate surface area is 452 Å². The molecular weight excluding hydrogens is 941 g/mol. The SMILES string of the molecule is C=C(Nc1ccc2c3c(n(-c4cccc(-c5cccc6c5Cc5ccc(-n7c8cc(C(=O)CCC(C)C)ccc8c8ccc(-c9cccc(NC(=O)C%10CCCCC%10)c9)cc87)cc5-6)c4)c2c1)C=CC=C=C3)C1CCCCC1. The molecule has 6 heteroatoms. The van der Waals surface area contributed by atoms with Gasteiger partial charge in [0.1, 0.15) is 0 Å². The highest BCUT2D eigenvalue weighted by Crippen LogP contribution is 2.45. The highest BCUT2D eigenvalue weighted by molar-refractivity contribution is 6.12. The molecule has 9 aromatic rings. The van der Waals surface area contributed by atoms with Crippen LogP contribution in [0.15, 0.2) is 170 Å². The summed E-state index contributed by atoms with van der Waals surface area (Å²) in [6.07, 6.45) is 22.2. The lowest BCUT2D eigenvalue weighted by Crippen LogP contribution is -2.24. The fourth-order valence-electron chi connectivity index (χ4n) is 13.1. The maximum atomic E-state index is 13.8. The summed E-state index contributed by atoms with van der Waals surface area (Å²) in [6.45, 7) is 8.87. The van der Waals surface area contributed by atoms with Gasteiger partial charge in [0.25, 0.3) is 0 Å². The fraction of sp³-hybridized carbons (Fsp3) is 0.254. The van der Waals surface area contributed by atoms with Gasteiger partial charge in [0.05, 0.1) is 22.2 Å². The minimum Gasteiger partial charge on any atom is -0.359 e. The first-order valence-electron chi connectivity index (χ1n) is 28.3. The number of carbonyl (C=O) groups excluding carboxylic acids is 2. The molecule has 13 rings (SSSR count). The Morgan fingerprint density at radius 1 is 0.610 bits per heavy atom. The maximum Gasteiger partial charge on any atom is 0.227 e. The molecule has 0 bridgehead atoms. The molecule has 382 valence electrons. The van der Waals surface area contributed by atoms with E-state index >= 15 is 0 Å². The van der Waals surface area contributed by atoms with Crippen LogP contribution < -0.4 is 10.6 Å². The molecule has 0 spiro atoms. The zero-order valence-electron chi connectivity index (χ0n) is 44.4. The van der Waals surface area contributed by atoms with Gasteiger partial charge in [0.15, 0.2) is 5.78 Å². The van der Waals surface area contributed by atoms with E-state index in [2.05, 4.69) is 185 Å². The van der Waals surface area contributed by atoms with Crippen LogP contribution >= 0.6 is 0 Å². The fourth-order valence-corrected chi connectivity index (χ4v) is 13.1. The monoisotopic (exact) mass is 1010 g/mol. The van der Waals surface area contributed by atoms with Crippen LogP contribution in [0.25, 0.3) is 89.6 Å². The van der Waals surface area contributed by atoms with Crippen LogP contribution in [-0.4, -0.2) is 20.8 Å². The van der Waals surface area contributed by atoms with E-state index in [1.54, 1.807) is 0 Å². The first-order chi connectivity index (χ1) is 37.7. The van der Waals surface area contributed by atoms with Crippen LogP contribution in [0.5, 0.6) is 0 Å². The average molecular weight is 1010 g/mol. The molecule has 7 aromatic carbocycles. The first-order valence-corrected chi connectivity index (χ1v) is 28.3. The minimum absolute atomic E-state index is 0.0767. The number of aromatic nitrogens is 2. The van der Waals surface area contributed by atoms with Crippen molar-refractivity contribution in [3.05, 3.63) is 198 Å². The molecule has 2 fully saturated rings. The third kappa shape index (κ3) is 9.19. The standard InChI is InChI=1S/C71H66N4O2/c1-45(2)28-37-70(76)53-31-35-62-61-34-30-50(49-20-13-22-54(38-49)73-71(77)48-18-9-5-10-19-48)41-67(61)75(68(62)42-53)57-33-29-52-40-65-58(25-15-26-59(65)64(52)44-57)51-21-14-23-56(39-51)74-66-27-12-6-11-24-60(66)63-36-32-55(43-69(63)74)72-46(3)47-16-7-4-8-17-47/h6,12-15,20-27,29-36,38-39,41-45,47-48,72H,3-5,7-10,16-19,28,37,40H2,1-2H3,(H,73,77). The van der Waals surface area contributed by atoms with Crippen LogP contribution in [-0.2, 0) is 11.2 Å². The number of nitrogens with one attached hydrogen (secondary N) is 2.